The van der Waals surface area contributed by atoms with E-state index in [1.165, 1.54) is 12.8 Å². The Kier molecular flexibility index (Phi) is 4.28. The molecule has 0 atom stereocenters. The molecule has 126 valence electrons. The Morgan fingerprint density at radius 2 is 2.00 bits per heavy atom. The van der Waals surface area contributed by atoms with Crippen molar-refractivity contribution in [1.29, 1.82) is 0 Å². The molecule has 0 radical (unpaired) electrons. The molecular formula is C20H17ClN2O2. The van der Waals surface area contributed by atoms with Crippen molar-refractivity contribution in [2.45, 2.75) is 12.8 Å². The molecule has 0 spiro atoms. The van der Waals surface area contributed by atoms with Gasteiger partial charge in [0.15, 0.2) is 5.78 Å². The number of aromatic nitrogens is 2. The van der Waals surface area contributed by atoms with Crippen LogP contribution in [0.5, 0.6) is 5.75 Å². The van der Waals surface area contributed by atoms with Crippen LogP contribution in [0.1, 0.15) is 28.8 Å². The summed E-state index contributed by atoms with van der Waals surface area (Å²) >= 11 is 6.10. The van der Waals surface area contributed by atoms with Gasteiger partial charge in [0.25, 0.3) is 0 Å². The smallest absolute Gasteiger partial charge is 0.199 e. The highest BCUT2D eigenvalue weighted by Gasteiger charge is 2.24. The van der Waals surface area contributed by atoms with E-state index in [1.807, 2.05) is 30.3 Å². The summed E-state index contributed by atoms with van der Waals surface area (Å²) in [6.07, 6.45) is 5.69. The van der Waals surface area contributed by atoms with Crippen molar-refractivity contribution in [2.75, 3.05) is 6.61 Å². The van der Waals surface area contributed by atoms with Gasteiger partial charge in [0.2, 0.25) is 0 Å². The van der Waals surface area contributed by atoms with Gasteiger partial charge in [-0.3, -0.25) is 4.79 Å². The highest BCUT2D eigenvalue weighted by Crippen LogP contribution is 2.31. The summed E-state index contributed by atoms with van der Waals surface area (Å²) in [7, 11) is 0. The molecule has 25 heavy (non-hydrogen) atoms. The number of benzene rings is 2. The lowest BCUT2D eigenvalue weighted by atomic mass is 10.1. The van der Waals surface area contributed by atoms with Crippen molar-refractivity contribution >= 4 is 17.4 Å². The molecule has 0 unspecified atom stereocenters. The Balaban J connectivity index is 1.62. The van der Waals surface area contributed by atoms with Gasteiger partial charge in [0.05, 0.1) is 29.6 Å². The summed E-state index contributed by atoms with van der Waals surface area (Å²) in [4.78, 5) is 12.9. The van der Waals surface area contributed by atoms with Crippen LogP contribution in [0.4, 0.5) is 0 Å². The van der Waals surface area contributed by atoms with E-state index in [0.29, 0.717) is 34.4 Å². The number of ketones is 1. The van der Waals surface area contributed by atoms with Crippen LogP contribution < -0.4 is 4.74 Å². The lowest BCUT2D eigenvalue weighted by Crippen LogP contribution is -2.07. The Labute approximate surface area is 151 Å². The van der Waals surface area contributed by atoms with Crippen LogP contribution in [0.2, 0.25) is 5.02 Å². The van der Waals surface area contributed by atoms with E-state index in [2.05, 4.69) is 5.10 Å². The van der Waals surface area contributed by atoms with E-state index in [4.69, 9.17) is 16.3 Å². The predicted octanol–water partition coefficient (Wildman–Crippen LogP) is 4.55. The predicted molar refractivity (Wildman–Crippen MR) is 96.7 cm³/mol. The fourth-order valence-corrected chi connectivity index (χ4v) is 2.79. The number of rotatable bonds is 6. The van der Waals surface area contributed by atoms with Crippen molar-refractivity contribution in [3.63, 3.8) is 0 Å². The average molecular weight is 353 g/mol. The van der Waals surface area contributed by atoms with Crippen molar-refractivity contribution in [3.8, 4) is 11.4 Å². The van der Waals surface area contributed by atoms with Gasteiger partial charge in [-0.05, 0) is 49.1 Å². The van der Waals surface area contributed by atoms with Crippen LogP contribution in [0.25, 0.3) is 5.69 Å². The number of halogens is 1. The second kappa shape index (κ2) is 6.73. The molecule has 1 saturated carbocycles. The molecule has 3 aromatic rings. The maximum atomic E-state index is 12.9. The van der Waals surface area contributed by atoms with Gasteiger partial charge in [-0.15, -0.1) is 0 Å². The van der Waals surface area contributed by atoms with Crippen LogP contribution in [0.3, 0.4) is 0 Å². The van der Waals surface area contributed by atoms with Gasteiger partial charge < -0.3 is 4.74 Å². The summed E-state index contributed by atoms with van der Waals surface area (Å²) in [6.45, 7) is 0.644. The maximum absolute atomic E-state index is 12.9. The third-order valence-electron chi connectivity index (χ3n) is 4.22. The zero-order chi connectivity index (χ0) is 17.2. The molecule has 4 rings (SSSR count). The minimum atomic E-state index is -0.143. The molecule has 1 aliphatic carbocycles. The lowest BCUT2D eigenvalue weighted by Gasteiger charge is -2.10. The SMILES string of the molecule is O=C(c1cnn(-c2ccccc2)c1)c1cc(Cl)ccc1OCC1CC1. The van der Waals surface area contributed by atoms with Crippen LogP contribution in [0.15, 0.2) is 60.9 Å². The second-order valence-electron chi connectivity index (χ2n) is 6.23. The molecule has 0 amide bonds. The Bertz CT molecular complexity index is 901. The van der Waals surface area contributed by atoms with E-state index in [-0.39, 0.29) is 5.78 Å². The van der Waals surface area contributed by atoms with E-state index in [9.17, 15) is 4.79 Å². The summed E-state index contributed by atoms with van der Waals surface area (Å²) in [5.41, 5.74) is 1.88. The van der Waals surface area contributed by atoms with Crippen LogP contribution in [-0.2, 0) is 0 Å². The van der Waals surface area contributed by atoms with Gasteiger partial charge >= 0.3 is 0 Å². The second-order valence-corrected chi connectivity index (χ2v) is 6.67. The summed E-state index contributed by atoms with van der Waals surface area (Å²) < 4.78 is 7.53. The van der Waals surface area contributed by atoms with Crippen molar-refractivity contribution in [1.82, 2.24) is 9.78 Å². The Morgan fingerprint density at radius 3 is 2.76 bits per heavy atom. The standard InChI is InChI=1S/C20H17ClN2O2/c21-16-8-9-19(25-13-14-6-7-14)18(10-16)20(24)15-11-22-23(12-15)17-4-2-1-3-5-17/h1-5,8-12,14H,6-7,13H2. The van der Waals surface area contributed by atoms with Gasteiger partial charge in [-0.1, -0.05) is 29.8 Å². The molecule has 2 aromatic carbocycles. The van der Waals surface area contributed by atoms with E-state index in [1.54, 1.807) is 35.3 Å². The normalized spacial score (nSPS) is 13.6. The van der Waals surface area contributed by atoms with Gasteiger partial charge in [-0.2, -0.15) is 5.10 Å². The largest absolute Gasteiger partial charge is 0.493 e. The first-order chi connectivity index (χ1) is 12.2. The molecule has 1 aromatic heterocycles. The van der Waals surface area contributed by atoms with Crippen LogP contribution in [0, 0.1) is 5.92 Å². The fraction of sp³-hybridized carbons (Fsp3) is 0.200. The molecule has 0 saturated heterocycles. The molecule has 0 aliphatic heterocycles. The zero-order valence-corrected chi connectivity index (χ0v) is 14.3. The first kappa shape index (κ1) is 15.9. The number of nitrogens with zero attached hydrogens (tertiary/aromatic N) is 2. The number of hydrogen-bond acceptors (Lipinski definition) is 3. The zero-order valence-electron chi connectivity index (χ0n) is 13.6. The van der Waals surface area contributed by atoms with E-state index < -0.39 is 0 Å². The number of carbonyl (C=O) groups is 1. The molecule has 1 heterocycles. The minimum Gasteiger partial charge on any atom is -0.493 e. The third kappa shape index (κ3) is 3.59. The molecular weight excluding hydrogens is 336 g/mol. The van der Waals surface area contributed by atoms with Crippen LogP contribution in [-0.4, -0.2) is 22.2 Å². The van der Waals surface area contributed by atoms with Crippen LogP contribution >= 0.6 is 11.6 Å². The Hall–Kier alpha value is -2.59. The van der Waals surface area contributed by atoms with Crippen molar-refractivity contribution in [2.24, 2.45) is 5.92 Å². The number of para-hydroxylation sites is 1. The molecule has 0 bridgehead atoms. The highest BCUT2D eigenvalue weighted by molar-refractivity contribution is 6.31. The highest BCUT2D eigenvalue weighted by atomic mass is 35.5. The third-order valence-corrected chi connectivity index (χ3v) is 4.46. The maximum Gasteiger partial charge on any atom is 0.199 e. The molecule has 1 aliphatic rings. The molecule has 4 nitrogen and oxygen atoms in total. The van der Waals surface area contributed by atoms with Crippen molar-refractivity contribution in [3.05, 3.63) is 77.1 Å². The van der Waals surface area contributed by atoms with Gasteiger partial charge in [0, 0.05) is 11.2 Å². The number of hydrogen-bond donors (Lipinski definition) is 0. The quantitative estimate of drug-likeness (QED) is 0.611. The molecule has 0 N–H and O–H groups in total. The number of ether oxygens (including phenoxy) is 1. The monoisotopic (exact) mass is 352 g/mol. The van der Waals surface area contributed by atoms with Gasteiger partial charge in [-0.25, -0.2) is 4.68 Å². The lowest BCUT2D eigenvalue weighted by molar-refractivity contribution is 0.103. The number of carbonyl (C=O) groups excluding carboxylic acids is 1. The average Bonchev–Trinajstić information content (AvgIpc) is 3.34. The summed E-state index contributed by atoms with van der Waals surface area (Å²) in [5, 5.41) is 4.80. The fourth-order valence-electron chi connectivity index (χ4n) is 2.62. The summed E-state index contributed by atoms with van der Waals surface area (Å²) in [5.74, 6) is 1.05. The van der Waals surface area contributed by atoms with Crippen molar-refractivity contribution < 1.29 is 9.53 Å². The minimum absolute atomic E-state index is 0.143. The summed E-state index contributed by atoms with van der Waals surface area (Å²) in [6, 6.07) is 14.8. The molecule has 1 fully saturated rings. The topological polar surface area (TPSA) is 44.1 Å². The Morgan fingerprint density at radius 1 is 1.20 bits per heavy atom. The first-order valence-electron chi connectivity index (χ1n) is 8.28. The first-order valence-corrected chi connectivity index (χ1v) is 8.65. The van der Waals surface area contributed by atoms with E-state index in [0.717, 1.165) is 5.69 Å². The van der Waals surface area contributed by atoms with Gasteiger partial charge in [0.1, 0.15) is 5.75 Å². The van der Waals surface area contributed by atoms with E-state index >= 15 is 0 Å². The molecule has 5 heteroatoms.